The van der Waals surface area contributed by atoms with Gasteiger partial charge in [0.05, 0.1) is 0 Å². The van der Waals surface area contributed by atoms with Crippen molar-refractivity contribution < 1.29 is 0 Å². The summed E-state index contributed by atoms with van der Waals surface area (Å²) in [5, 5.41) is 3.20. The maximum Gasteiger partial charge on any atom is 0.0245 e. The van der Waals surface area contributed by atoms with Crippen LogP contribution in [0.25, 0.3) is 0 Å². The van der Waals surface area contributed by atoms with Crippen LogP contribution in [0.3, 0.4) is 0 Å². The van der Waals surface area contributed by atoms with Crippen molar-refractivity contribution in [1.82, 2.24) is 10.2 Å². The van der Waals surface area contributed by atoms with Gasteiger partial charge in [0.25, 0.3) is 0 Å². The zero-order valence-corrected chi connectivity index (χ0v) is 15.1. The van der Waals surface area contributed by atoms with Crippen LogP contribution in [0.4, 0.5) is 0 Å². The van der Waals surface area contributed by atoms with E-state index in [4.69, 9.17) is 0 Å². The predicted octanol–water partition coefficient (Wildman–Crippen LogP) is 3.89. The van der Waals surface area contributed by atoms with Gasteiger partial charge in [-0.1, -0.05) is 41.9 Å². The van der Waals surface area contributed by atoms with Crippen LogP contribution >= 0.6 is 27.7 Å². The molecule has 1 saturated heterocycles. The van der Waals surface area contributed by atoms with Crippen molar-refractivity contribution in [3.63, 3.8) is 0 Å². The number of benzene rings is 1. The average molecular weight is 357 g/mol. The zero-order chi connectivity index (χ0) is 14.6. The lowest BCUT2D eigenvalue weighted by atomic mass is 10.1. The molecule has 0 radical (unpaired) electrons. The van der Waals surface area contributed by atoms with Crippen LogP contribution in [0.15, 0.2) is 22.7 Å². The van der Waals surface area contributed by atoms with Crippen LogP contribution in [0.2, 0.25) is 0 Å². The molecule has 0 bridgehead atoms. The maximum absolute atomic E-state index is 3.73. The highest BCUT2D eigenvalue weighted by Crippen LogP contribution is 2.31. The summed E-state index contributed by atoms with van der Waals surface area (Å²) >= 11 is 5.83. The number of thioether (sulfide) groups is 1. The SMILES string of the molecule is CNCc1ccc(CN2CCSC(C)(C)CC2)c(Br)c1. The predicted molar refractivity (Wildman–Crippen MR) is 93.3 cm³/mol. The minimum atomic E-state index is 0.433. The van der Waals surface area contributed by atoms with E-state index in [1.165, 1.54) is 40.9 Å². The Morgan fingerprint density at radius 1 is 1.35 bits per heavy atom. The number of nitrogens with one attached hydrogen (secondary N) is 1. The molecule has 2 rings (SSSR count). The molecular formula is C16H25BrN2S. The van der Waals surface area contributed by atoms with Crippen molar-refractivity contribution in [2.75, 3.05) is 25.9 Å². The third kappa shape index (κ3) is 4.76. The van der Waals surface area contributed by atoms with Gasteiger partial charge in [0.1, 0.15) is 0 Å². The van der Waals surface area contributed by atoms with E-state index in [1.54, 1.807) is 0 Å². The maximum atomic E-state index is 3.73. The van der Waals surface area contributed by atoms with E-state index >= 15 is 0 Å². The first kappa shape index (κ1) is 16.3. The fourth-order valence-electron chi connectivity index (χ4n) is 2.49. The topological polar surface area (TPSA) is 15.3 Å². The molecule has 0 aromatic heterocycles. The van der Waals surface area contributed by atoms with Crippen LogP contribution in [0, 0.1) is 0 Å². The van der Waals surface area contributed by atoms with Gasteiger partial charge in [0.2, 0.25) is 0 Å². The average Bonchev–Trinajstić information content (AvgIpc) is 2.55. The molecule has 0 amide bonds. The second-order valence-electron chi connectivity index (χ2n) is 6.09. The number of hydrogen-bond donors (Lipinski definition) is 1. The van der Waals surface area contributed by atoms with E-state index in [9.17, 15) is 0 Å². The second-order valence-corrected chi connectivity index (χ2v) is 8.75. The molecule has 1 fully saturated rings. The van der Waals surface area contributed by atoms with Gasteiger partial charge in [-0.25, -0.2) is 0 Å². The van der Waals surface area contributed by atoms with Gasteiger partial charge < -0.3 is 5.32 Å². The monoisotopic (exact) mass is 356 g/mol. The summed E-state index contributed by atoms with van der Waals surface area (Å²) in [6.45, 7) is 9.10. The highest BCUT2D eigenvalue weighted by atomic mass is 79.9. The van der Waals surface area contributed by atoms with Gasteiger partial charge in [0.15, 0.2) is 0 Å². The Balaban J connectivity index is 1.99. The molecule has 0 unspecified atom stereocenters. The number of nitrogens with zero attached hydrogens (tertiary/aromatic N) is 1. The van der Waals surface area contributed by atoms with Gasteiger partial charge in [-0.2, -0.15) is 11.8 Å². The highest BCUT2D eigenvalue weighted by Gasteiger charge is 2.23. The van der Waals surface area contributed by atoms with Crippen LogP contribution in [-0.2, 0) is 13.1 Å². The first-order chi connectivity index (χ1) is 9.50. The molecule has 0 saturated carbocycles. The molecule has 1 aliphatic rings. The Bertz CT molecular complexity index is 448. The van der Waals surface area contributed by atoms with Gasteiger partial charge in [-0.05, 0) is 37.2 Å². The molecule has 1 aromatic rings. The minimum absolute atomic E-state index is 0.433. The summed E-state index contributed by atoms with van der Waals surface area (Å²) in [4.78, 5) is 2.58. The summed E-state index contributed by atoms with van der Waals surface area (Å²) in [5.74, 6) is 1.24. The van der Waals surface area contributed by atoms with Gasteiger partial charge >= 0.3 is 0 Å². The second kappa shape index (κ2) is 7.30. The number of rotatable bonds is 4. The van der Waals surface area contributed by atoms with E-state index in [0.717, 1.165) is 13.1 Å². The van der Waals surface area contributed by atoms with Gasteiger partial charge in [-0.15, -0.1) is 0 Å². The highest BCUT2D eigenvalue weighted by molar-refractivity contribution is 9.10. The van der Waals surface area contributed by atoms with Gasteiger partial charge in [-0.3, -0.25) is 4.90 Å². The zero-order valence-electron chi connectivity index (χ0n) is 12.7. The summed E-state index contributed by atoms with van der Waals surface area (Å²) < 4.78 is 1.67. The van der Waals surface area contributed by atoms with Crippen molar-refractivity contribution in [2.24, 2.45) is 0 Å². The van der Waals surface area contributed by atoms with E-state index in [2.05, 4.69) is 70.0 Å². The lowest BCUT2D eigenvalue weighted by Crippen LogP contribution is -2.27. The fourth-order valence-corrected chi connectivity index (χ4v) is 4.18. The molecule has 0 aliphatic carbocycles. The summed E-state index contributed by atoms with van der Waals surface area (Å²) in [5.41, 5.74) is 2.73. The fraction of sp³-hybridized carbons (Fsp3) is 0.625. The van der Waals surface area contributed by atoms with Crippen molar-refractivity contribution in [3.8, 4) is 0 Å². The number of hydrogen-bond acceptors (Lipinski definition) is 3. The molecule has 1 aliphatic heterocycles. The molecule has 0 spiro atoms. The van der Waals surface area contributed by atoms with Crippen LogP contribution in [-0.4, -0.2) is 35.5 Å². The van der Waals surface area contributed by atoms with Crippen molar-refractivity contribution in [3.05, 3.63) is 33.8 Å². The first-order valence-electron chi connectivity index (χ1n) is 7.28. The smallest absolute Gasteiger partial charge is 0.0245 e. The first-order valence-corrected chi connectivity index (χ1v) is 9.06. The molecule has 2 nitrogen and oxygen atoms in total. The Hall–Kier alpha value is -0.0300. The Morgan fingerprint density at radius 2 is 2.15 bits per heavy atom. The largest absolute Gasteiger partial charge is 0.316 e. The Labute approximate surface area is 135 Å². The summed E-state index contributed by atoms with van der Waals surface area (Å²) in [6, 6.07) is 6.73. The van der Waals surface area contributed by atoms with Crippen LogP contribution < -0.4 is 5.32 Å². The third-order valence-corrected chi connectivity index (χ3v) is 5.93. The van der Waals surface area contributed by atoms with Crippen LogP contribution in [0.5, 0.6) is 0 Å². The van der Waals surface area contributed by atoms with Crippen molar-refractivity contribution >= 4 is 27.7 Å². The number of halogens is 1. The molecule has 1 N–H and O–H groups in total. The lowest BCUT2D eigenvalue weighted by molar-refractivity contribution is 0.276. The third-order valence-electron chi connectivity index (χ3n) is 3.82. The molecule has 20 heavy (non-hydrogen) atoms. The van der Waals surface area contributed by atoms with E-state index in [-0.39, 0.29) is 0 Å². The lowest BCUT2D eigenvalue weighted by Gasteiger charge is -2.23. The van der Waals surface area contributed by atoms with E-state index in [1.807, 2.05) is 7.05 Å². The Kier molecular flexibility index (Phi) is 5.96. The molecular weight excluding hydrogens is 332 g/mol. The Morgan fingerprint density at radius 3 is 2.85 bits per heavy atom. The van der Waals surface area contributed by atoms with Crippen molar-refractivity contribution in [1.29, 1.82) is 0 Å². The summed E-state index contributed by atoms with van der Waals surface area (Å²) in [7, 11) is 1.98. The molecule has 4 heteroatoms. The molecule has 1 heterocycles. The molecule has 1 aromatic carbocycles. The minimum Gasteiger partial charge on any atom is -0.316 e. The standard InChI is InChI=1S/C16H25BrN2S/c1-16(2)6-7-19(8-9-20-16)12-14-5-4-13(11-18-3)10-15(14)17/h4-5,10,18H,6-9,11-12H2,1-3H3. The quantitative estimate of drug-likeness (QED) is 0.880. The van der Waals surface area contributed by atoms with E-state index < -0.39 is 0 Å². The molecule has 0 atom stereocenters. The van der Waals surface area contributed by atoms with Gasteiger partial charge in [0, 0.05) is 34.6 Å². The van der Waals surface area contributed by atoms with E-state index in [0.29, 0.717) is 4.75 Å². The summed E-state index contributed by atoms with van der Waals surface area (Å²) in [6.07, 6.45) is 1.27. The van der Waals surface area contributed by atoms with Crippen LogP contribution in [0.1, 0.15) is 31.4 Å². The molecule has 112 valence electrons. The van der Waals surface area contributed by atoms with Crippen molar-refractivity contribution in [2.45, 2.75) is 38.1 Å². The normalized spacial score (nSPS) is 19.8.